The number of fused-ring (bicyclic) bond motifs is 1. The number of hydrogen-bond donors (Lipinski definition) is 1. The lowest BCUT2D eigenvalue weighted by Crippen LogP contribution is -2.26. The number of sulfonamides is 1. The highest BCUT2D eigenvalue weighted by Gasteiger charge is 2.36. The maximum atomic E-state index is 15.1. The third-order valence-corrected chi connectivity index (χ3v) is 7.91. The lowest BCUT2D eigenvalue weighted by molar-refractivity contribution is -0.387. The Balaban J connectivity index is 1.82. The molecule has 218 valence electrons. The van der Waals surface area contributed by atoms with E-state index in [0.29, 0.717) is 35.4 Å². The number of esters is 1. The number of hydrogen-bond acceptors (Lipinski definition) is 8. The maximum Gasteiger partial charge on any atom is 0.345 e. The number of carbonyl (C=O) groups is 2. The van der Waals surface area contributed by atoms with Crippen LogP contribution in [0.1, 0.15) is 45.0 Å². The van der Waals surface area contributed by atoms with Gasteiger partial charge in [-0.25, -0.2) is 21.9 Å². The summed E-state index contributed by atoms with van der Waals surface area (Å²) in [5.74, 6) is -3.69. The van der Waals surface area contributed by atoms with Gasteiger partial charge in [-0.1, -0.05) is 0 Å². The van der Waals surface area contributed by atoms with E-state index in [1.54, 1.807) is 6.07 Å². The quantitative estimate of drug-likeness (QED) is 0.161. The minimum Gasteiger partial charge on any atom is -0.465 e. The molecule has 1 amide bonds. The van der Waals surface area contributed by atoms with Crippen LogP contribution in [0.3, 0.4) is 0 Å². The molecule has 1 fully saturated rings. The predicted octanol–water partition coefficient (Wildman–Crippen LogP) is 5.41. The van der Waals surface area contributed by atoms with Gasteiger partial charge in [-0.3, -0.25) is 14.9 Å². The minimum atomic E-state index is -4.27. The van der Waals surface area contributed by atoms with Gasteiger partial charge in [-0.2, -0.15) is 4.39 Å². The third-order valence-electron chi connectivity index (χ3n) is 6.84. The second-order valence-electron chi connectivity index (χ2n) is 9.67. The van der Waals surface area contributed by atoms with Gasteiger partial charge >= 0.3 is 11.7 Å². The highest BCUT2D eigenvalue weighted by molar-refractivity contribution is 7.92. The molecule has 1 aliphatic carbocycles. The first-order valence-electron chi connectivity index (χ1n) is 12.5. The Labute approximate surface area is 237 Å². The predicted molar refractivity (Wildman–Crippen MR) is 148 cm³/mol. The Morgan fingerprint density at radius 2 is 1.79 bits per heavy atom. The number of nitrogens with one attached hydrogen (secondary N) is 1. The number of anilines is 2. The normalized spacial score (nSPS) is 13.2. The van der Waals surface area contributed by atoms with Crippen molar-refractivity contribution in [3.05, 3.63) is 87.0 Å². The molecule has 0 aliphatic heterocycles. The largest absolute Gasteiger partial charge is 0.465 e. The zero-order valence-corrected chi connectivity index (χ0v) is 23.3. The molecule has 0 bridgehead atoms. The molecule has 0 saturated heterocycles. The Hall–Kier alpha value is -4.85. The van der Waals surface area contributed by atoms with Crippen LogP contribution in [0.4, 0.5) is 25.8 Å². The van der Waals surface area contributed by atoms with E-state index in [2.05, 4.69) is 10.1 Å². The van der Waals surface area contributed by atoms with Crippen molar-refractivity contribution in [2.75, 3.05) is 24.7 Å². The summed E-state index contributed by atoms with van der Waals surface area (Å²) in [5, 5.41) is 14.4. The van der Waals surface area contributed by atoms with Crippen molar-refractivity contribution in [3.63, 3.8) is 0 Å². The topological polar surface area (TPSA) is 149 Å². The van der Waals surface area contributed by atoms with Gasteiger partial charge in [0.05, 0.1) is 35.2 Å². The van der Waals surface area contributed by atoms with Gasteiger partial charge in [-0.05, 0) is 60.7 Å². The second kappa shape index (κ2) is 10.5. The van der Waals surface area contributed by atoms with Gasteiger partial charge in [0, 0.05) is 30.1 Å². The number of nitro groups is 1. The summed E-state index contributed by atoms with van der Waals surface area (Å²) in [6.07, 6.45) is 2.24. The van der Waals surface area contributed by atoms with Crippen molar-refractivity contribution in [1.29, 1.82) is 0 Å². The molecule has 5 rings (SSSR count). The summed E-state index contributed by atoms with van der Waals surface area (Å²) >= 11 is 0. The highest BCUT2D eigenvalue weighted by atomic mass is 32.2. The average Bonchev–Trinajstić information content (AvgIpc) is 3.71. The lowest BCUT2D eigenvalue weighted by Gasteiger charge is -2.25. The fraction of sp³-hybridized carbons (Fsp3) is 0.214. The summed E-state index contributed by atoms with van der Waals surface area (Å²) in [6.45, 7) is 0. The molecule has 1 aliphatic rings. The number of ether oxygens (including phenoxy) is 1. The number of carbonyl (C=O) groups excluding carboxylic acids is 2. The molecule has 1 aromatic heterocycles. The fourth-order valence-electron chi connectivity index (χ4n) is 4.86. The molecule has 0 spiro atoms. The van der Waals surface area contributed by atoms with Crippen molar-refractivity contribution in [3.8, 4) is 11.3 Å². The maximum absolute atomic E-state index is 15.1. The van der Waals surface area contributed by atoms with Crippen molar-refractivity contribution >= 4 is 49.9 Å². The Kier molecular flexibility index (Phi) is 7.18. The number of nitrogens with zero attached hydrogens (tertiary/aromatic N) is 2. The SMILES string of the molecule is CNC(=O)c1c(-c2ccc(F)cc2)oc2cc(N(c3cc(F)c([N+](=O)[O-])c(C(=O)OC)c3)S(C)(=O)=O)c(C3CC3)cc12. The Morgan fingerprint density at radius 3 is 2.33 bits per heavy atom. The molecule has 42 heavy (non-hydrogen) atoms. The van der Waals surface area contributed by atoms with E-state index >= 15 is 4.39 Å². The average molecular weight is 600 g/mol. The standard InChI is InChI=1S/C28H23F2N3O8S/c1-31-27(34)24-19-12-18(14-4-5-14)22(13-23(19)41-26(24)15-6-8-16(29)9-7-15)32(42(3,38)39)17-10-20(28(35)40-2)25(33(36)37)21(30)11-17/h6-14H,4-5H2,1-3H3,(H,31,34). The summed E-state index contributed by atoms with van der Waals surface area (Å²) in [5.41, 5.74) is -1.17. The van der Waals surface area contributed by atoms with Crippen LogP contribution in [0, 0.1) is 21.7 Å². The van der Waals surface area contributed by atoms with Gasteiger partial charge < -0.3 is 14.5 Å². The molecular formula is C28H23F2N3O8S. The molecule has 4 aromatic rings. The van der Waals surface area contributed by atoms with Crippen molar-refractivity contribution < 1.29 is 40.9 Å². The zero-order valence-electron chi connectivity index (χ0n) is 22.4. The molecule has 1 heterocycles. The van der Waals surface area contributed by atoms with E-state index < -0.39 is 49.7 Å². The van der Waals surface area contributed by atoms with Crippen molar-refractivity contribution in [2.45, 2.75) is 18.8 Å². The van der Waals surface area contributed by atoms with E-state index in [-0.39, 0.29) is 34.2 Å². The van der Waals surface area contributed by atoms with Gasteiger partial charge in [-0.15, -0.1) is 0 Å². The van der Waals surface area contributed by atoms with Crippen LogP contribution in [-0.2, 0) is 14.8 Å². The molecule has 0 unspecified atom stereocenters. The van der Waals surface area contributed by atoms with Gasteiger partial charge in [0.2, 0.25) is 15.8 Å². The van der Waals surface area contributed by atoms with E-state index in [1.165, 1.54) is 37.4 Å². The molecule has 14 heteroatoms. The molecule has 0 radical (unpaired) electrons. The Bertz CT molecular complexity index is 1880. The second-order valence-corrected chi connectivity index (χ2v) is 11.5. The van der Waals surface area contributed by atoms with E-state index in [0.717, 1.165) is 23.7 Å². The monoisotopic (exact) mass is 599 g/mol. The van der Waals surface area contributed by atoms with Crippen LogP contribution in [0.5, 0.6) is 0 Å². The molecule has 1 N–H and O–H groups in total. The molecular weight excluding hydrogens is 576 g/mol. The Morgan fingerprint density at radius 1 is 1.12 bits per heavy atom. The molecule has 1 saturated carbocycles. The molecule has 0 atom stereocenters. The zero-order chi connectivity index (χ0) is 30.5. The van der Waals surface area contributed by atoms with Crippen LogP contribution in [0.15, 0.2) is 52.9 Å². The van der Waals surface area contributed by atoms with Crippen LogP contribution in [-0.4, -0.2) is 45.6 Å². The summed E-state index contributed by atoms with van der Waals surface area (Å²) in [6, 6.07) is 9.77. The van der Waals surface area contributed by atoms with Gasteiger partial charge in [0.25, 0.3) is 5.91 Å². The first kappa shape index (κ1) is 28.7. The summed E-state index contributed by atoms with van der Waals surface area (Å²) < 4.78 is 66.6. The minimum absolute atomic E-state index is 0.0411. The number of rotatable bonds is 8. The van der Waals surface area contributed by atoms with E-state index in [9.17, 15) is 32.5 Å². The van der Waals surface area contributed by atoms with Crippen LogP contribution in [0.2, 0.25) is 0 Å². The van der Waals surface area contributed by atoms with Crippen LogP contribution >= 0.6 is 0 Å². The van der Waals surface area contributed by atoms with Crippen molar-refractivity contribution in [1.82, 2.24) is 5.32 Å². The van der Waals surface area contributed by atoms with Crippen molar-refractivity contribution in [2.24, 2.45) is 0 Å². The number of benzene rings is 3. The summed E-state index contributed by atoms with van der Waals surface area (Å²) in [7, 11) is -1.89. The first-order valence-corrected chi connectivity index (χ1v) is 14.4. The number of halogens is 2. The fourth-order valence-corrected chi connectivity index (χ4v) is 5.87. The number of methoxy groups -OCH3 is 1. The number of furan rings is 1. The number of amides is 1. The van der Waals surface area contributed by atoms with Crippen LogP contribution in [0.25, 0.3) is 22.3 Å². The molecule has 3 aromatic carbocycles. The van der Waals surface area contributed by atoms with E-state index in [1.807, 2.05) is 0 Å². The molecule has 11 nitrogen and oxygen atoms in total. The highest BCUT2D eigenvalue weighted by Crippen LogP contribution is 2.49. The smallest absolute Gasteiger partial charge is 0.345 e. The van der Waals surface area contributed by atoms with E-state index in [4.69, 9.17) is 4.42 Å². The lowest BCUT2D eigenvalue weighted by atomic mass is 10.00. The number of nitro benzene ring substituents is 1. The van der Waals surface area contributed by atoms with Crippen LogP contribution < -0.4 is 9.62 Å². The first-order chi connectivity index (χ1) is 19.8. The summed E-state index contributed by atoms with van der Waals surface area (Å²) in [4.78, 5) is 35.8. The third kappa shape index (κ3) is 5.04. The van der Waals surface area contributed by atoms with Gasteiger partial charge in [0.1, 0.15) is 22.7 Å². The van der Waals surface area contributed by atoms with Gasteiger partial charge in [0.15, 0.2) is 0 Å².